The zero-order chi connectivity index (χ0) is 44.7. The first kappa shape index (κ1) is 63.5. The standard InChI is InChI=1S/C24H28N4O3.C24H29NO5.H3N.3Na/c1-4-5-10-22(29)28(23(17(2)3)24(30)31)16-18-11-13-19(14-12-18)21-9-7-6-8-20(21)15-26-27-25;1-3-30-24(29)17(2)15-21(25-22(26)13-14-23(27)28)16-18-9-11-20(12-10-18)19-7-5-4-6-8-19;;;;/h6-9,11-14,17,23H,4-5,10,16H2,1-3H3,(H,30,31);4-12,17,21H,3,13-16H2,1-2H3,(H,25,26)(H,27,28);1H3;;;/q-2;;;3*+1/p-2/t23-;17-,21+;;;;/m01..../s1. The van der Waals surface area contributed by atoms with E-state index in [-0.39, 0.29) is 150 Å². The Hall–Kier alpha value is -3.54. The fraction of sp³-hybridized carbons (Fsp3) is 0.375. The molecule has 0 saturated heterocycles. The van der Waals surface area contributed by atoms with Gasteiger partial charge in [0.2, 0.25) is 11.8 Å². The van der Waals surface area contributed by atoms with Gasteiger partial charge in [-0.15, -0.1) is 17.7 Å². The van der Waals surface area contributed by atoms with E-state index in [0.29, 0.717) is 37.9 Å². The number of benzene rings is 4. The van der Waals surface area contributed by atoms with Crippen molar-refractivity contribution >= 4 is 35.9 Å². The number of esters is 1. The third-order valence-corrected chi connectivity index (χ3v) is 9.82. The first-order valence-corrected chi connectivity index (χ1v) is 20.6. The molecule has 332 valence electrons. The number of carbonyl (C=O) groups excluding carboxylic acids is 5. The van der Waals surface area contributed by atoms with Gasteiger partial charge >= 0.3 is 94.6 Å². The molecule has 4 aromatic carbocycles. The van der Waals surface area contributed by atoms with Crippen molar-refractivity contribution in [3.05, 3.63) is 125 Å². The van der Waals surface area contributed by atoms with E-state index < -0.39 is 18.0 Å². The average molecular weight is 916 g/mol. The van der Waals surface area contributed by atoms with Crippen molar-refractivity contribution in [2.24, 2.45) is 22.2 Å². The van der Waals surface area contributed by atoms with E-state index in [9.17, 15) is 34.2 Å². The van der Waals surface area contributed by atoms with Gasteiger partial charge in [0.15, 0.2) is 0 Å². The van der Waals surface area contributed by atoms with Crippen molar-refractivity contribution in [1.82, 2.24) is 16.4 Å². The van der Waals surface area contributed by atoms with Crippen LogP contribution in [0.4, 0.5) is 0 Å². The number of carbonyl (C=O) groups is 5. The van der Waals surface area contributed by atoms with Crippen LogP contribution in [-0.4, -0.2) is 59.5 Å². The van der Waals surface area contributed by atoms with Crippen molar-refractivity contribution in [2.45, 2.75) is 98.2 Å². The largest absolute Gasteiger partial charge is 1.00 e. The topological polar surface area (TPSA) is 238 Å². The van der Waals surface area contributed by atoms with Crippen molar-refractivity contribution in [3.63, 3.8) is 0 Å². The van der Waals surface area contributed by atoms with Crippen LogP contribution in [0.1, 0.15) is 89.8 Å². The Morgan fingerprint density at radius 1 is 0.754 bits per heavy atom. The van der Waals surface area contributed by atoms with E-state index in [1.54, 1.807) is 33.8 Å². The van der Waals surface area contributed by atoms with Gasteiger partial charge in [0.05, 0.1) is 24.5 Å². The minimum atomic E-state index is -1.27. The summed E-state index contributed by atoms with van der Waals surface area (Å²) in [7, 11) is 0. The number of hydrogen-bond donors (Lipinski definition) is 2. The van der Waals surface area contributed by atoms with Crippen LogP contribution in [0.3, 0.4) is 0 Å². The van der Waals surface area contributed by atoms with Crippen LogP contribution in [0.15, 0.2) is 113 Å². The first-order valence-electron chi connectivity index (χ1n) is 20.6. The molecule has 0 spiro atoms. The molecule has 0 aliphatic rings. The molecule has 14 nitrogen and oxygen atoms in total. The van der Waals surface area contributed by atoms with Gasteiger partial charge in [-0.2, -0.15) is 17.8 Å². The summed E-state index contributed by atoms with van der Waals surface area (Å²) in [6, 6.07) is 31.7. The predicted molar refractivity (Wildman–Crippen MR) is 235 cm³/mol. The molecule has 0 radical (unpaired) electrons. The van der Waals surface area contributed by atoms with E-state index in [0.717, 1.165) is 39.8 Å². The summed E-state index contributed by atoms with van der Waals surface area (Å²) in [5, 5.41) is 31.4. The molecular formula is C48H58N6Na3O8-. The predicted octanol–water partition coefficient (Wildman–Crippen LogP) is -2.45. The minimum absolute atomic E-state index is 0. The third kappa shape index (κ3) is 22.7. The summed E-state index contributed by atoms with van der Waals surface area (Å²) in [4.78, 5) is 60.7. The molecule has 0 heterocycles. The van der Waals surface area contributed by atoms with Gasteiger partial charge in [0.1, 0.15) is 0 Å². The Kier molecular flexibility index (Phi) is 33.9. The Balaban J connectivity index is 0. The van der Waals surface area contributed by atoms with Crippen LogP contribution in [0.2, 0.25) is 0 Å². The zero-order valence-corrected chi connectivity index (χ0v) is 45.3. The number of aliphatic carboxylic acids is 2. The molecule has 17 heteroatoms. The fourth-order valence-corrected chi connectivity index (χ4v) is 6.73. The van der Waals surface area contributed by atoms with Crippen molar-refractivity contribution in [3.8, 4) is 22.3 Å². The molecule has 0 saturated carbocycles. The summed E-state index contributed by atoms with van der Waals surface area (Å²) < 4.78 is 5.07. The first-order chi connectivity index (χ1) is 29.3. The van der Waals surface area contributed by atoms with Gasteiger partial charge in [-0.05, 0) is 60.8 Å². The Labute approximate surface area is 450 Å². The molecule has 0 aromatic heterocycles. The Morgan fingerprint density at radius 2 is 1.32 bits per heavy atom. The fourth-order valence-electron chi connectivity index (χ4n) is 6.73. The minimum Gasteiger partial charge on any atom is -0.550 e. The van der Waals surface area contributed by atoms with Crippen LogP contribution in [0, 0.1) is 11.8 Å². The Morgan fingerprint density at radius 3 is 1.88 bits per heavy atom. The second-order valence-electron chi connectivity index (χ2n) is 15.0. The zero-order valence-electron chi connectivity index (χ0n) is 39.3. The number of carboxylic acid groups (broad SMARTS) is 2. The third-order valence-electron chi connectivity index (χ3n) is 9.82. The van der Waals surface area contributed by atoms with E-state index in [4.69, 9.17) is 10.3 Å². The number of nitrogens with one attached hydrogen (secondary N) is 1. The molecule has 4 rings (SSSR count). The normalized spacial score (nSPS) is 11.6. The van der Waals surface area contributed by atoms with E-state index >= 15 is 0 Å². The molecular weight excluding hydrogens is 858 g/mol. The van der Waals surface area contributed by atoms with Crippen LogP contribution < -0.4 is 110 Å². The van der Waals surface area contributed by atoms with E-state index in [1.165, 1.54) is 4.90 Å². The van der Waals surface area contributed by atoms with Crippen LogP contribution >= 0.6 is 0 Å². The molecule has 0 aliphatic heterocycles. The maximum atomic E-state index is 12.8. The van der Waals surface area contributed by atoms with Gasteiger partial charge in [-0.25, -0.2) is 0 Å². The summed E-state index contributed by atoms with van der Waals surface area (Å²) in [5.74, 6) is -4.04. The molecule has 0 aliphatic carbocycles. The molecule has 65 heavy (non-hydrogen) atoms. The van der Waals surface area contributed by atoms with Crippen LogP contribution in [-0.2, 0) is 41.7 Å². The maximum Gasteiger partial charge on any atom is 1.00 e. The van der Waals surface area contributed by atoms with Crippen LogP contribution in [0.25, 0.3) is 27.8 Å². The van der Waals surface area contributed by atoms with Crippen molar-refractivity contribution in [2.75, 3.05) is 6.61 Å². The summed E-state index contributed by atoms with van der Waals surface area (Å²) >= 11 is 0. The smallest absolute Gasteiger partial charge is 0.550 e. The van der Waals surface area contributed by atoms with Gasteiger partial charge in [-0.1, -0.05) is 125 Å². The molecule has 0 bridgehead atoms. The van der Waals surface area contributed by atoms with Gasteiger partial charge in [0.25, 0.3) is 0 Å². The van der Waals surface area contributed by atoms with Gasteiger partial charge in [-0.3, -0.25) is 19.6 Å². The second kappa shape index (κ2) is 34.7. The average Bonchev–Trinajstić information content (AvgIpc) is 3.24. The monoisotopic (exact) mass is 915 g/mol. The van der Waals surface area contributed by atoms with Crippen LogP contribution in [0.5, 0.6) is 0 Å². The van der Waals surface area contributed by atoms with Crippen molar-refractivity contribution in [1.29, 1.82) is 0 Å². The summed E-state index contributed by atoms with van der Waals surface area (Å²) in [6.07, 6.45) is 4.97. The van der Waals surface area contributed by atoms with Gasteiger partial charge < -0.3 is 51.5 Å². The Bertz CT molecular complexity index is 2070. The quantitative estimate of drug-likeness (QED) is 0.0212. The summed E-state index contributed by atoms with van der Waals surface area (Å²) in [6.45, 7) is 9.54. The number of rotatable bonds is 22. The SMILES string of the molecule is CCCCC(=O)N(Cc1ccc(-c2ccccc2[C-]=NN=[N-])cc1)[C@H](C(=O)[O-])C(C)C.CCOC(=O)[C@H](C)C[C@@H](Cc1ccc(-c2ccccc2)cc1)NC(=O)CCC(=O)[O-].N.[Na+].[Na+].[Na+]. The van der Waals surface area contributed by atoms with Crippen molar-refractivity contribution < 1.29 is 128 Å². The molecule has 3 atom stereocenters. The number of amides is 2. The number of unbranched alkanes of at least 4 members (excludes halogenated alkanes) is 1. The number of ether oxygens (including phenoxy) is 1. The molecule has 4 N–H and O–H groups in total. The molecule has 4 aromatic rings. The number of nitrogens with zero attached hydrogens (tertiary/aromatic N) is 4. The molecule has 0 fully saturated rings. The second-order valence-corrected chi connectivity index (χ2v) is 15.0. The van der Waals surface area contributed by atoms with E-state index in [2.05, 4.69) is 21.9 Å². The molecule has 2 amide bonds. The molecule has 0 unspecified atom stereocenters. The maximum absolute atomic E-state index is 12.8. The number of carboxylic acids is 2. The number of hydrogen-bond acceptors (Lipinski definition) is 10. The van der Waals surface area contributed by atoms with Gasteiger partial charge in [0, 0.05) is 31.4 Å². The van der Waals surface area contributed by atoms with E-state index in [1.807, 2.05) is 104 Å². The summed E-state index contributed by atoms with van der Waals surface area (Å²) in [5.41, 5.74) is 15.0.